The van der Waals surface area contributed by atoms with E-state index in [1.165, 1.54) is 11.0 Å². The summed E-state index contributed by atoms with van der Waals surface area (Å²) in [5, 5.41) is 16.4. The summed E-state index contributed by atoms with van der Waals surface area (Å²) in [5.41, 5.74) is 1.94. The molecule has 0 spiro atoms. The van der Waals surface area contributed by atoms with Crippen LogP contribution in [0.5, 0.6) is 5.75 Å². The zero-order chi connectivity index (χ0) is 28.1. The van der Waals surface area contributed by atoms with E-state index in [-0.39, 0.29) is 17.2 Å². The standard InChI is InChI=1S/C29H41N3O5/c1-17(2)23(31-28(36)37-29(7,8)9)27(35)32(18(3)4)25(21-15-10-11-16-22(21)33)26(34)30-24-19(5)13-12-14-20(24)6/h10-18,23,25,33H,1-9H3,(H,30,34)(H,31,36). The zero-order valence-electron chi connectivity index (χ0n) is 23.4. The molecule has 0 saturated carbocycles. The second kappa shape index (κ2) is 12.1. The number of phenolic OH excluding ortho intramolecular Hbond substituents is 1. The highest BCUT2D eigenvalue weighted by atomic mass is 16.6. The number of amides is 3. The van der Waals surface area contributed by atoms with Gasteiger partial charge in [-0.05, 0) is 71.6 Å². The van der Waals surface area contributed by atoms with Crippen LogP contribution in [-0.2, 0) is 14.3 Å². The highest BCUT2D eigenvalue weighted by molar-refractivity contribution is 6.00. The molecule has 202 valence electrons. The van der Waals surface area contributed by atoms with E-state index in [1.54, 1.807) is 52.8 Å². The Morgan fingerprint density at radius 1 is 0.919 bits per heavy atom. The number of anilines is 1. The molecule has 37 heavy (non-hydrogen) atoms. The number of nitrogens with zero attached hydrogens (tertiary/aromatic N) is 1. The topological polar surface area (TPSA) is 108 Å². The Morgan fingerprint density at radius 3 is 1.97 bits per heavy atom. The number of hydrogen-bond donors (Lipinski definition) is 3. The summed E-state index contributed by atoms with van der Waals surface area (Å²) < 4.78 is 5.39. The van der Waals surface area contributed by atoms with Crippen LogP contribution in [0.15, 0.2) is 42.5 Å². The van der Waals surface area contributed by atoms with Gasteiger partial charge in [0, 0.05) is 17.3 Å². The number of hydrogen-bond acceptors (Lipinski definition) is 5. The van der Waals surface area contributed by atoms with Crippen LogP contribution >= 0.6 is 0 Å². The number of ether oxygens (including phenoxy) is 1. The molecule has 0 radical (unpaired) electrons. The molecule has 0 saturated heterocycles. The van der Waals surface area contributed by atoms with E-state index in [4.69, 9.17) is 4.74 Å². The maximum Gasteiger partial charge on any atom is 0.408 e. The molecule has 3 amide bonds. The largest absolute Gasteiger partial charge is 0.508 e. The third-order valence-electron chi connectivity index (χ3n) is 5.90. The van der Waals surface area contributed by atoms with Crippen LogP contribution in [0.25, 0.3) is 0 Å². The number of carbonyl (C=O) groups excluding carboxylic acids is 3. The minimum Gasteiger partial charge on any atom is -0.508 e. The van der Waals surface area contributed by atoms with Crippen molar-refractivity contribution in [3.8, 4) is 5.75 Å². The average Bonchev–Trinajstić information content (AvgIpc) is 2.77. The van der Waals surface area contributed by atoms with E-state index in [9.17, 15) is 19.5 Å². The monoisotopic (exact) mass is 511 g/mol. The summed E-state index contributed by atoms with van der Waals surface area (Å²) in [7, 11) is 0. The molecule has 2 aromatic rings. The Morgan fingerprint density at radius 2 is 1.49 bits per heavy atom. The minimum atomic E-state index is -1.16. The summed E-state index contributed by atoms with van der Waals surface area (Å²) in [6.07, 6.45) is -0.720. The van der Waals surface area contributed by atoms with Crippen molar-refractivity contribution in [2.75, 3.05) is 5.32 Å². The number of rotatable bonds is 8. The first-order valence-corrected chi connectivity index (χ1v) is 12.6. The van der Waals surface area contributed by atoms with Gasteiger partial charge in [0.25, 0.3) is 5.91 Å². The van der Waals surface area contributed by atoms with Crippen molar-refractivity contribution >= 4 is 23.6 Å². The molecule has 3 N–H and O–H groups in total. The van der Waals surface area contributed by atoms with E-state index >= 15 is 0 Å². The number of aryl methyl sites for hydroxylation is 2. The Bertz CT molecular complexity index is 1100. The van der Waals surface area contributed by atoms with Crippen LogP contribution in [0.4, 0.5) is 10.5 Å². The van der Waals surface area contributed by atoms with Gasteiger partial charge in [0.2, 0.25) is 5.91 Å². The van der Waals surface area contributed by atoms with Gasteiger partial charge in [0.05, 0.1) is 0 Å². The minimum absolute atomic E-state index is 0.108. The van der Waals surface area contributed by atoms with Gasteiger partial charge in [-0.15, -0.1) is 0 Å². The SMILES string of the molecule is Cc1cccc(C)c1NC(=O)C(c1ccccc1O)N(C(=O)C(NC(=O)OC(C)(C)C)C(C)C)C(C)C. The summed E-state index contributed by atoms with van der Waals surface area (Å²) >= 11 is 0. The average molecular weight is 512 g/mol. The predicted octanol–water partition coefficient (Wildman–Crippen LogP) is 5.48. The van der Waals surface area contributed by atoms with Crippen LogP contribution in [0, 0.1) is 19.8 Å². The fourth-order valence-electron chi connectivity index (χ4n) is 4.13. The van der Waals surface area contributed by atoms with Gasteiger partial charge in [-0.1, -0.05) is 50.2 Å². The Hall–Kier alpha value is -3.55. The van der Waals surface area contributed by atoms with Crippen molar-refractivity contribution in [3.05, 3.63) is 59.2 Å². The van der Waals surface area contributed by atoms with E-state index in [0.29, 0.717) is 5.69 Å². The van der Waals surface area contributed by atoms with Crippen LogP contribution in [0.3, 0.4) is 0 Å². The third kappa shape index (κ3) is 7.71. The normalized spacial score (nSPS) is 13.2. The van der Waals surface area contributed by atoms with Gasteiger partial charge in [0.15, 0.2) is 0 Å². The lowest BCUT2D eigenvalue weighted by Crippen LogP contribution is -2.56. The fraction of sp³-hybridized carbons (Fsp3) is 0.483. The maximum absolute atomic E-state index is 14.0. The highest BCUT2D eigenvalue weighted by Crippen LogP contribution is 2.33. The summed E-state index contributed by atoms with van der Waals surface area (Å²) in [5.74, 6) is -1.33. The molecule has 0 aromatic heterocycles. The molecule has 2 unspecified atom stereocenters. The lowest BCUT2D eigenvalue weighted by Gasteiger charge is -2.38. The fourth-order valence-corrected chi connectivity index (χ4v) is 4.13. The van der Waals surface area contributed by atoms with E-state index in [1.807, 2.05) is 45.9 Å². The summed E-state index contributed by atoms with van der Waals surface area (Å²) in [6.45, 7) is 16.2. The predicted molar refractivity (Wildman–Crippen MR) is 145 cm³/mol. The first-order valence-electron chi connectivity index (χ1n) is 12.6. The number of benzene rings is 2. The molecule has 2 atom stereocenters. The second-order valence-corrected chi connectivity index (χ2v) is 10.9. The molecule has 2 rings (SSSR count). The molecule has 0 aliphatic rings. The zero-order valence-corrected chi connectivity index (χ0v) is 23.4. The molecule has 2 aromatic carbocycles. The summed E-state index contributed by atoms with van der Waals surface area (Å²) in [6, 6.07) is 9.59. The first-order chi connectivity index (χ1) is 17.1. The number of alkyl carbamates (subject to hydrolysis) is 1. The van der Waals surface area contributed by atoms with Crippen molar-refractivity contribution in [1.29, 1.82) is 0 Å². The first kappa shape index (κ1) is 29.7. The molecule has 0 heterocycles. The number of para-hydroxylation sites is 2. The molecule has 0 aliphatic heterocycles. The number of phenols is 1. The molecule has 0 aliphatic carbocycles. The van der Waals surface area contributed by atoms with Gasteiger partial charge < -0.3 is 25.4 Å². The molecular formula is C29H41N3O5. The number of nitrogens with one attached hydrogen (secondary N) is 2. The smallest absolute Gasteiger partial charge is 0.408 e. The van der Waals surface area contributed by atoms with E-state index in [2.05, 4.69) is 10.6 Å². The van der Waals surface area contributed by atoms with Crippen molar-refractivity contribution in [1.82, 2.24) is 10.2 Å². The van der Waals surface area contributed by atoms with Crippen molar-refractivity contribution in [2.45, 2.75) is 86.0 Å². The molecule has 8 heteroatoms. The second-order valence-electron chi connectivity index (χ2n) is 10.9. The number of carbonyl (C=O) groups is 3. The Labute approximate surface area is 220 Å². The molecular weight excluding hydrogens is 470 g/mol. The van der Waals surface area contributed by atoms with E-state index < -0.39 is 41.6 Å². The van der Waals surface area contributed by atoms with Crippen molar-refractivity contribution in [2.24, 2.45) is 5.92 Å². The summed E-state index contributed by atoms with van der Waals surface area (Å²) in [4.78, 5) is 41.9. The lowest BCUT2D eigenvalue weighted by atomic mass is 9.96. The molecule has 8 nitrogen and oxygen atoms in total. The van der Waals surface area contributed by atoms with Crippen molar-refractivity contribution < 1.29 is 24.2 Å². The van der Waals surface area contributed by atoms with Gasteiger partial charge in [0.1, 0.15) is 23.4 Å². The van der Waals surface area contributed by atoms with Gasteiger partial charge in [-0.2, -0.15) is 0 Å². The van der Waals surface area contributed by atoms with Crippen LogP contribution < -0.4 is 10.6 Å². The van der Waals surface area contributed by atoms with Crippen LogP contribution in [0.1, 0.15) is 71.2 Å². The maximum atomic E-state index is 14.0. The van der Waals surface area contributed by atoms with Gasteiger partial charge in [-0.3, -0.25) is 9.59 Å². The van der Waals surface area contributed by atoms with Gasteiger partial charge in [-0.25, -0.2) is 4.79 Å². The number of aromatic hydroxyl groups is 1. The van der Waals surface area contributed by atoms with Crippen LogP contribution in [0.2, 0.25) is 0 Å². The van der Waals surface area contributed by atoms with Gasteiger partial charge >= 0.3 is 6.09 Å². The van der Waals surface area contributed by atoms with Crippen molar-refractivity contribution in [3.63, 3.8) is 0 Å². The Kier molecular flexibility index (Phi) is 9.73. The molecule has 0 fully saturated rings. The Balaban J connectivity index is 2.57. The third-order valence-corrected chi connectivity index (χ3v) is 5.90. The lowest BCUT2D eigenvalue weighted by molar-refractivity contribution is -0.143. The molecule has 0 bridgehead atoms. The van der Waals surface area contributed by atoms with E-state index in [0.717, 1.165) is 11.1 Å². The highest BCUT2D eigenvalue weighted by Gasteiger charge is 2.40. The van der Waals surface area contributed by atoms with Crippen LogP contribution in [-0.4, -0.2) is 45.6 Å². The quantitative estimate of drug-likeness (QED) is 0.435.